The lowest BCUT2D eigenvalue weighted by Crippen LogP contribution is -2.16. The molecule has 134 valence electrons. The Morgan fingerprint density at radius 1 is 1.40 bits per heavy atom. The topological polar surface area (TPSA) is 76.4 Å². The molecule has 0 amide bonds. The van der Waals surface area contributed by atoms with Crippen molar-refractivity contribution in [3.63, 3.8) is 0 Å². The molecule has 1 aromatic carbocycles. The Bertz CT molecular complexity index is 728. The van der Waals surface area contributed by atoms with Gasteiger partial charge in [-0.2, -0.15) is 13.2 Å². The third-order valence-electron chi connectivity index (χ3n) is 3.12. The fourth-order valence-electron chi connectivity index (χ4n) is 1.94. The number of nitrogens with one attached hydrogen (secondary N) is 1. The van der Waals surface area contributed by atoms with Crippen molar-refractivity contribution in [3.05, 3.63) is 54.1 Å². The van der Waals surface area contributed by atoms with Gasteiger partial charge in [0.05, 0.1) is 24.2 Å². The highest BCUT2D eigenvalue weighted by Gasteiger charge is 2.30. The summed E-state index contributed by atoms with van der Waals surface area (Å²) >= 11 is 0. The van der Waals surface area contributed by atoms with Gasteiger partial charge < -0.3 is 9.67 Å². The normalized spacial score (nSPS) is 12.2. The molecule has 0 bridgehead atoms. The van der Waals surface area contributed by atoms with Crippen LogP contribution in [-0.4, -0.2) is 27.2 Å². The van der Waals surface area contributed by atoms with E-state index in [1.54, 1.807) is 10.8 Å². The van der Waals surface area contributed by atoms with E-state index in [4.69, 9.17) is 9.94 Å². The molecule has 0 spiro atoms. The number of carbonyl (C=O) groups is 1. The van der Waals surface area contributed by atoms with Crippen molar-refractivity contribution in [2.75, 3.05) is 6.61 Å². The van der Waals surface area contributed by atoms with Gasteiger partial charge in [0.15, 0.2) is 0 Å². The van der Waals surface area contributed by atoms with Crippen LogP contribution in [0.3, 0.4) is 0 Å². The van der Waals surface area contributed by atoms with Gasteiger partial charge in [-0.25, -0.2) is 4.98 Å². The molecule has 1 aromatic heterocycles. The van der Waals surface area contributed by atoms with Gasteiger partial charge in [-0.3, -0.25) is 15.1 Å². The van der Waals surface area contributed by atoms with Crippen LogP contribution in [0.15, 0.2) is 43.0 Å². The molecule has 0 aliphatic rings. The van der Waals surface area contributed by atoms with Gasteiger partial charge in [-0.1, -0.05) is 12.1 Å². The van der Waals surface area contributed by atoms with E-state index in [9.17, 15) is 18.0 Å². The quantitative estimate of drug-likeness (QED) is 0.562. The molecule has 0 saturated heterocycles. The summed E-state index contributed by atoms with van der Waals surface area (Å²) in [5.41, 5.74) is 2.34. The first-order valence-corrected chi connectivity index (χ1v) is 7.33. The lowest BCUT2D eigenvalue weighted by Gasteiger charge is -2.14. The van der Waals surface area contributed by atoms with Gasteiger partial charge in [0.25, 0.3) is 0 Å². The number of benzene rings is 1. The zero-order chi connectivity index (χ0) is 18.3. The number of aliphatic carboxylic acids is 1. The third kappa shape index (κ3) is 5.96. The van der Waals surface area contributed by atoms with E-state index in [2.05, 4.69) is 10.5 Å². The zero-order valence-electron chi connectivity index (χ0n) is 13.0. The minimum atomic E-state index is -4.46. The van der Waals surface area contributed by atoms with Gasteiger partial charge in [0, 0.05) is 30.6 Å². The number of rotatable bonds is 8. The van der Waals surface area contributed by atoms with Gasteiger partial charge in [0.2, 0.25) is 0 Å². The highest BCUT2D eigenvalue weighted by atomic mass is 19.4. The highest BCUT2D eigenvalue weighted by Crippen LogP contribution is 2.30. The maximum Gasteiger partial charge on any atom is 0.416 e. The van der Waals surface area contributed by atoms with Crippen molar-refractivity contribution < 1.29 is 27.9 Å². The molecular weight excluding hydrogens is 339 g/mol. The van der Waals surface area contributed by atoms with Crippen molar-refractivity contribution in [1.29, 1.82) is 0 Å². The smallest absolute Gasteiger partial charge is 0.416 e. The number of carboxylic acids is 1. The maximum atomic E-state index is 12.9. The molecule has 2 rings (SSSR count). The van der Waals surface area contributed by atoms with E-state index in [0.29, 0.717) is 0 Å². The number of hydroxylamine groups is 1. The van der Waals surface area contributed by atoms with Gasteiger partial charge in [-0.05, 0) is 18.6 Å². The first kappa shape index (κ1) is 18.5. The first-order chi connectivity index (χ1) is 11.9. The van der Waals surface area contributed by atoms with Crippen molar-refractivity contribution in [1.82, 2.24) is 15.0 Å². The molecule has 2 aromatic rings. The largest absolute Gasteiger partial charge is 0.481 e. The van der Waals surface area contributed by atoms with Gasteiger partial charge in [0.1, 0.15) is 0 Å². The molecule has 9 heteroatoms. The summed E-state index contributed by atoms with van der Waals surface area (Å²) in [6.07, 6.45) is 1.86. The molecule has 6 nitrogen and oxygen atoms in total. The fourth-order valence-corrected chi connectivity index (χ4v) is 1.94. The molecule has 0 fully saturated rings. The van der Waals surface area contributed by atoms with E-state index in [1.165, 1.54) is 30.9 Å². The molecule has 0 radical (unpaired) electrons. The Labute approximate surface area is 141 Å². The Morgan fingerprint density at radius 3 is 2.84 bits per heavy atom. The summed E-state index contributed by atoms with van der Waals surface area (Å²) in [6, 6.07) is 4.78. The number of aromatic nitrogens is 2. The highest BCUT2D eigenvalue weighted by molar-refractivity contribution is 5.73. The van der Waals surface area contributed by atoms with E-state index in [1.807, 2.05) is 0 Å². The van der Waals surface area contributed by atoms with Crippen LogP contribution >= 0.6 is 0 Å². The summed E-state index contributed by atoms with van der Waals surface area (Å²) in [7, 11) is 0. The SMILES string of the molecule is O=C(O)CCCONC(=Cn1ccnc1)c1cccc(C(F)(F)F)c1. The predicted molar refractivity (Wildman–Crippen MR) is 83.8 cm³/mol. The fraction of sp³-hybridized carbons (Fsp3) is 0.250. The lowest BCUT2D eigenvalue weighted by molar-refractivity contribution is -0.138. The molecule has 0 atom stereocenters. The Morgan fingerprint density at radius 2 is 2.20 bits per heavy atom. The van der Waals surface area contributed by atoms with Crippen LogP contribution in [0.4, 0.5) is 13.2 Å². The Balaban J connectivity index is 2.16. The van der Waals surface area contributed by atoms with Gasteiger partial charge in [-0.15, -0.1) is 0 Å². The van der Waals surface area contributed by atoms with Crippen molar-refractivity contribution in [2.24, 2.45) is 0 Å². The summed E-state index contributed by atoms with van der Waals surface area (Å²) in [5, 5.41) is 8.57. The summed E-state index contributed by atoms with van der Waals surface area (Å²) in [5.74, 6) is -0.948. The van der Waals surface area contributed by atoms with Crippen LogP contribution in [0.25, 0.3) is 11.9 Å². The second kappa shape index (κ2) is 8.34. The number of imidazole rings is 1. The summed E-state index contributed by atoms with van der Waals surface area (Å²) in [6.45, 7) is 0.0898. The Hall–Kier alpha value is -2.81. The van der Waals surface area contributed by atoms with Crippen molar-refractivity contribution in [2.45, 2.75) is 19.0 Å². The molecule has 0 aliphatic heterocycles. The minimum absolute atomic E-state index is 0.0637. The second-order valence-corrected chi connectivity index (χ2v) is 5.08. The second-order valence-electron chi connectivity index (χ2n) is 5.08. The standard InChI is InChI=1S/C16H16F3N3O3/c17-16(18,19)13-4-1-3-12(9-13)14(10-22-7-6-20-11-22)21-25-8-2-5-15(23)24/h1,3-4,6-7,9-11,21H,2,5,8H2,(H,23,24). The molecule has 25 heavy (non-hydrogen) atoms. The van der Waals surface area contributed by atoms with Crippen molar-refractivity contribution >= 4 is 17.9 Å². The third-order valence-corrected chi connectivity index (χ3v) is 3.12. The number of hydrogen-bond donors (Lipinski definition) is 2. The van der Waals surface area contributed by atoms with E-state index in [0.717, 1.165) is 12.1 Å². The number of alkyl halides is 3. The average molecular weight is 355 g/mol. The minimum Gasteiger partial charge on any atom is -0.481 e. The Kier molecular flexibility index (Phi) is 6.18. The van der Waals surface area contributed by atoms with E-state index in [-0.39, 0.29) is 30.7 Å². The predicted octanol–water partition coefficient (Wildman–Crippen LogP) is 3.24. The zero-order valence-corrected chi connectivity index (χ0v) is 13.0. The van der Waals surface area contributed by atoms with Crippen LogP contribution in [0.2, 0.25) is 0 Å². The van der Waals surface area contributed by atoms with Crippen molar-refractivity contribution in [3.8, 4) is 0 Å². The van der Waals surface area contributed by atoms with Crippen LogP contribution < -0.4 is 5.48 Å². The van der Waals surface area contributed by atoms with Crippen LogP contribution in [0.5, 0.6) is 0 Å². The molecular formula is C16H16F3N3O3. The van der Waals surface area contributed by atoms with Crippen LogP contribution in [0, 0.1) is 0 Å². The van der Waals surface area contributed by atoms with E-state index < -0.39 is 17.7 Å². The molecule has 0 aliphatic carbocycles. The van der Waals surface area contributed by atoms with E-state index >= 15 is 0 Å². The number of carboxylic acid groups (broad SMARTS) is 1. The summed E-state index contributed by atoms with van der Waals surface area (Å²) in [4.78, 5) is 19.5. The number of halogens is 3. The molecule has 0 unspecified atom stereocenters. The maximum absolute atomic E-state index is 12.9. The van der Waals surface area contributed by atoms with Crippen LogP contribution in [0.1, 0.15) is 24.0 Å². The number of nitrogens with zero attached hydrogens (tertiary/aromatic N) is 2. The average Bonchev–Trinajstić information content (AvgIpc) is 3.05. The molecule has 2 N–H and O–H groups in total. The summed E-state index contributed by atoms with van der Waals surface area (Å²) < 4.78 is 40.2. The number of hydrogen-bond acceptors (Lipinski definition) is 4. The van der Waals surface area contributed by atoms with Gasteiger partial charge >= 0.3 is 12.1 Å². The first-order valence-electron chi connectivity index (χ1n) is 7.33. The lowest BCUT2D eigenvalue weighted by atomic mass is 10.1. The molecule has 0 saturated carbocycles. The monoisotopic (exact) mass is 355 g/mol. The van der Waals surface area contributed by atoms with Crippen LogP contribution in [-0.2, 0) is 15.8 Å². The molecule has 1 heterocycles.